The fourth-order valence-electron chi connectivity index (χ4n) is 1.00. The normalized spacial score (nSPS) is 15.1. The molecule has 14 heavy (non-hydrogen) atoms. The van der Waals surface area contributed by atoms with Crippen molar-refractivity contribution < 1.29 is 4.52 Å². The van der Waals surface area contributed by atoms with Crippen molar-refractivity contribution in [1.82, 2.24) is 0 Å². The maximum absolute atomic E-state index is 6.15. The molecule has 0 saturated heterocycles. The van der Waals surface area contributed by atoms with E-state index in [9.17, 15) is 0 Å². The molecule has 0 saturated carbocycles. The van der Waals surface area contributed by atoms with Crippen molar-refractivity contribution in [3.8, 4) is 0 Å². The molecule has 0 radical (unpaired) electrons. The summed E-state index contributed by atoms with van der Waals surface area (Å²) in [6, 6.07) is 7.94. The van der Waals surface area contributed by atoms with E-state index in [1.54, 1.807) is 11.8 Å². The van der Waals surface area contributed by atoms with E-state index in [2.05, 4.69) is 0 Å². The van der Waals surface area contributed by atoms with Gasteiger partial charge in [-0.3, -0.25) is 0 Å². The molecule has 0 fully saturated rings. The number of halogens is 1. The van der Waals surface area contributed by atoms with Crippen LogP contribution in [0.1, 0.15) is 6.92 Å². The third-order valence-electron chi connectivity index (χ3n) is 1.68. The van der Waals surface area contributed by atoms with E-state index in [0.29, 0.717) is 6.61 Å². The van der Waals surface area contributed by atoms with Crippen LogP contribution in [0, 0.1) is 0 Å². The van der Waals surface area contributed by atoms with Crippen molar-refractivity contribution >= 4 is 45.7 Å². The van der Waals surface area contributed by atoms with E-state index in [0.717, 1.165) is 5.30 Å². The van der Waals surface area contributed by atoms with E-state index in [1.807, 2.05) is 37.4 Å². The van der Waals surface area contributed by atoms with Crippen molar-refractivity contribution in [1.29, 1.82) is 0 Å². The first kappa shape index (κ1) is 12.5. The van der Waals surface area contributed by atoms with Crippen LogP contribution in [0.2, 0.25) is 0 Å². The summed E-state index contributed by atoms with van der Waals surface area (Å²) in [7, 11) is 0. The first-order valence-electron chi connectivity index (χ1n) is 4.19. The zero-order valence-electron chi connectivity index (χ0n) is 8.07. The summed E-state index contributed by atoms with van der Waals surface area (Å²) in [5, 5.41) is 0.925. The molecular formula is C9H12ClOPS2. The number of rotatable bonds is 4. The van der Waals surface area contributed by atoms with Gasteiger partial charge in [0.1, 0.15) is 0 Å². The molecule has 1 atom stereocenters. The lowest BCUT2D eigenvalue weighted by atomic mass is 10.4. The second-order valence-corrected chi connectivity index (χ2v) is 8.78. The molecule has 1 aromatic carbocycles. The molecule has 1 aromatic rings. The molecule has 78 valence electrons. The standard InChI is InChI=1S/C9H12ClOPS2/c1-3-11-12(10,13)8-4-6-9(14-2)7-5-8/h4-7H,3H2,1-2H3. The van der Waals surface area contributed by atoms with Crippen LogP contribution in [0.5, 0.6) is 0 Å². The molecule has 0 aliphatic heterocycles. The molecule has 0 bridgehead atoms. The lowest BCUT2D eigenvalue weighted by Crippen LogP contribution is -2.02. The van der Waals surface area contributed by atoms with Crippen LogP contribution in [0.25, 0.3) is 0 Å². The Bertz CT molecular complexity index is 339. The maximum Gasteiger partial charge on any atom is 0.180 e. The second kappa shape index (κ2) is 5.53. The zero-order valence-corrected chi connectivity index (χ0v) is 11.3. The number of benzene rings is 1. The Morgan fingerprint density at radius 2 is 2.00 bits per heavy atom. The van der Waals surface area contributed by atoms with Crippen LogP contribution in [0.15, 0.2) is 29.2 Å². The fraction of sp³-hybridized carbons (Fsp3) is 0.333. The monoisotopic (exact) mass is 266 g/mol. The molecule has 5 heteroatoms. The van der Waals surface area contributed by atoms with Gasteiger partial charge in [0, 0.05) is 10.2 Å². The highest BCUT2D eigenvalue weighted by molar-refractivity contribution is 8.28. The van der Waals surface area contributed by atoms with Gasteiger partial charge in [-0.1, -0.05) is 11.2 Å². The summed E-state index contributed by atoms with van der Waals surface area (Å²) in [4.78, 5) is 1.21. The van der Waals surface area contributed by atoms with Crippen molar-refractivity contribution in [3.05, 3.63) is 24.3 Å². The molecule has 1 unspecified atom stereocenters. The number of hydrogen-bond acceptors (Lipinski definition) is 3. The minimum Gasteiger partial charge on any atom is -0.335 e. The summed E-state index contributed by atoms with van der Waals surface area (Å²) in [6.07, 6.45) is 2.04. The van der Waals surface area contributed by atoms with Crippen molar-refractivity contribution in [2.45, 2.75) is 11.8 Å². The van der Waals surface area contributed by atoms with Gasteiger partial charge >= 0.3 is 0 Å². The molecular weight excluding hydrogens is 255 g/mol. The van der Waals surface area contributed by atoms with Crippen LogP contribution < -0.4 is 5.30 Å². The average Bonchev–Trinajstić information content (AvgIpc) is 2.18. The van der Waals surface area contributed by atoms with Gasteiger partial charge in [0.25, 0.3) is 0 Å². The molecule has 1 nitrogen and oxygen atoms in total. The first-order chi connectivity index (χ1) is 6.60. The topological polar surface area (TPSA) is 9.23 Å². The van der Waals surface area contributed by atoms with Gasteiger partial charge in [-0.2, -0.15) is 0 Å². The Morgan fingerprint density at radius 1 is 1.43 bits per heavy atom. The highest BCUT2D eigenvalue weighted by Crippen LogP contribution is 2.51. The Morgan fingerprint density at radius 3 is 2.43 bits per heavy atom. The van der Waals surface area contributed by atoms with Crippen molar-refractivity contribution in [2.24, 2.45) is 0 Å². The minimum absolute atomic E-state index is 0.561. The molecule has 0 amide bonds. The Kier molecular flexibility index (Phi) is 4.95. The minimum atomic E-state index is -2.28. The predicted molar refractivity (Wildman–Crippen MR) is 69.6 cm³/mol. The molecule has 0 spiro atoms. The van der Waals surface area contributed by atoms with Gasteiger partial charge in [-0.05, 0) is 49.3 Å². The Labute approximate surface area is 99.1 Å². The molecule has 0 N–H and O–H groups in total. The van der Waals surface area contributed by atoms with Crippen LogP contribution in [0.3, 0.4) is 0 Å². The van der Waals surface area contributed by atoms with E-state index >= 15 is 0 Å². The third kappa shape index (κ3) is 3.25. The van der Waals surface area contributed by atoms with E-state index in [4.69, 9.17) is 27.6 Å². The molecule has 0 heterocycles. The van der Waals surface area contributed by atoms with Gasteiger partial charge in [0.05, 0.1) is 6.61 Å². The van der Waals surface area contributed by atoms with Gasteiger partial charge in [-0.25, -0.2) is 0 Å². The highest BCUT2D eigenvalue weighted by Gasteiger charge is 2.15. The first-order valence-corrected chi connectivity index (χ1v) is 9.04. The Hall–Kier alpha value is 0.470. The number of thioether (sulfide) groups is 1. The fourth-order valence-corrected chi connectivity index (χ4v) is 3.71. The van der Waals surface area contributed by atoms with Gasteiger partial charge in [0.15, 0.2) is 5.62 Å². The van der Waals surface area contributed by atoms with Crippen LogP contribution in [-0.2, 0) is 16.3 Å². The summed E-state index contributed by atoms with van der Waals surface area (Å²) in [6.45, 7) is 2.46. The van der Waals surface area contributed by atoms with E-state index in [1.165, 1.54) is 4.90 Å². The maximum atomic E-state index is 6.15. The van der Waals surface area contributed by atoms with Crippen LogP contribution in [0.4, 0.5) is 0 Å². The van der Waals surface area contributed by atoms with Crippen molar-refractivity contribution in [3.63, 3.8) is 0 Å². The summed E-state index contributed by atoms with van der Waals surface area (Å²) in [5.41, 5.74) is -2.28. The average molecular weight is 267 g/mol. The lowest BCUT2D eigenvalue weighted by molar-refractivity contribution is 0.389. The summed E-state index contributed by atoms with van der Waals surface area (Å²) in [5.74, 6) is 0. The summed E-state index contributed by atoms with van der Waals surface area (Å²) >= 11 is 13.1. The van der Waals surface area contributed by atoms with Gasteiger partial charge in [-0.15, -0.1) is 11.8 Å². The predicted octanol–water partition coefficient (Wildman–Crippen LogP) is 3.62. The second-order valence-electron chi connectivity index (χ2n) is 2.60. The lowest BCUT2D eigenvalue weighted by Gasteiger charge is -2.13. The Balaban J connectivity index is 2.91. The number of hydrogen-bond donors (Lipinski definition) is 0. The van der Waals surface area contributed by atoms with Crippen LogP contribution in [-0.4, -0.2) is 12.9 Å². The molecule has 0 aliphatic carbocycles. The highest BCUT2D eigenvalue weighted by atomic mass is 35.7. The van der Waals surface area contributed by atoms with Crippen LogP contribution >= 0.6 is 28.6 Å². The SMILES string of the molecule is CCOP(=S)(Cl)c1ccc(SC)cc1. The molecule has 1 rings (SSSR count). The van der Waals surface area contributed by atoms with Crippen molar-refractivity contribution in [2.75, 3.05) is 12.9 Å². The quantitative estimate of drug-likeness (QED) is 0.609. The van der Waals surface area contributed by atoms with Gasteiger partial charge in [0.2, 0.25) is 0 Å². The largest absolute Gasteiger partial charge is 0.335 e. The van der Waals surface area contributed by atoms with Gasteiger partial charge < -0.3 is 4.52 Å². The zero-order chi connectivity index (χ0) is 10.6. The third-order valence-corrected chi connectivity index (χ3v) is 5.75. The molecule has 0 aromatic heterocycles. The van der Waals surface area contributed by atoms with E-state index < -0.39 is 5.62 Å². The van der Waals surface area contributed by atoms with E-state index in [-0.39, 0.29) is 0 Å². The summed E-state index contributed by atoms with van der Waals surface area (Å²) < 4.78 is 5.37. The smallest absolute Gasteiger partial charge is 0.180 e. The molecule has 0 aliphatic rings.